The minimum atomic E-state index is -1.28. The molecule has 1 spiro atoms. The molecule has 2 heterocycles. The van der Waals surface area contributed by atoms with Gasteiger partial charge in [-0.2, -0.15) is 0 Å². The average Bonchev–Trinajstić information content (AvgIpc) is 2.89. The normalized spacial score (nSPS) is 48.6. The van der Waals surface area contributed by atoms with Gasteiger partial charge in [0.05, 0.1) is 6.61 Å². The number of rotatable bonds is 3. The lowest BCUT2D eigenvalue weighted by Gasteiger charge is -2.74. The van der Waals surface area contributed by atoms with Crippen molar-refractivity contribution in [2.45, 2.75) is 119 Å². The van der Waals surface area contributed by atoms with Crippen LogP contribution < -0.4 is 0 Å². The highest BCUT2D eigenvalue weighted by atomic mass is 16.6. The maximum atomic E-state index is 14.6. The lowest BCUT2D eigenvalue weighted by molar-refractivity contribution is -0.391. The molecule has 0 amide bonds. The van der Waals surface area contributed by atoms with Crippen molar-refractivity contribution in [3.63, 3.8) is 0 Å². The summed E-state index contributed by atoms with van der Waals surface area (Å²) in [5.41, 5.74) is -1.71. The number of hydrogen-bond donors (Lipinski definition) is 2. The van der Waals surface area contributed by atoms with Crippen LogP contribution in [-0.2, 0) is 23.9 Å². The minimum Gasteiger partial charge on any atom is -0.481 e. The number of aliphatic carboxylic acids is 1. The third kappa shape index (κ3) is 3.44. The summed E-state index contributed by atoms with van der Waals surface area (Å²) in [5.74, 6) is -2.96. The molecule has 6 fully saturated rings. The Labute approximate surface area is 250 Å². The Balaban J connectivity index is 1.48. The Kier molecular flexibility index (Phi) is 6.30. The van der Waals surface area contributed by atoms with Crippen LogP contribution in [0.4, 0.5) is 0 Å². The largest absolute Gasteiger partial charge is 0.481 e. The second-order valence-electron chi connectivity index (χ2n) is 16.6. The molecule has 0 aromatic heterocycles. The molecule has 7 heteroatoms. The van der Waals surface area contributed by atoms with E-state index in [2.05, 4.69) is 41.5 Å². The Bertz CT molecular complexity index is 1300. The van der Waals surface area contributed by atoms with Crippen LogP contribution in [0, 0.1) is 50.2 Å². The van der Waals surface area contributed by atoms with Crippen LogP contribution in [0.3, 0.4) is 0 Å². The van der Waals surface area contributed by atoms with E-state index in [1.165, 1.54) is 0 Å². The second-order valence-corrected chi connectivity index (χ2v) is 16.6. The summed E-state index contributed by atoms with van der Waals surface area (Å²) >= 11 is 0. The van der Waals surface area contributed by atoms with Gasteiger partial charge in [-0.1, -0.05) is 53.2 Å². The van der Waals surface area contributed by atoms with Crippen molar-refractivity contribution in [1.82, 2.24) is 0 Å². The molecule has 2 bridgehead atoms. The molecule has 42 heavy (non-hydrogen) atoms. The van der Waals surface area contributed by atoms with Gasteiger partial charge in [0.15, 0.2) is 11.6 Å². The molecule has 2 N–H and O–H groups in total. The number of ketones is 1. The smallest absolute Gasteiger partial charge is 0.333 e. The Morgan fingerprint density at radius 1 is 1.02 bits per heavy atom. The van der Waals surface area contributed by atoms with E-state index in [4.69, 9.17) is 9.47 Å². The van der Waals surface area contributed by atoms with Gasteiger partial charge in [-0.15, -0.1) is 0 Å². The molecule has 0 unspecified atom stereocenters. The van der Waals surface area contributed by atoms with Crippen molar-refractivity contribution in [3.05, 3.63) is 23.3 Å². The fourth-order valence-electron chi connectivity index (χ4n) is 11.5. The summed E-state index contributed by atoms with van der Waals surface area (Å²) in [6.45, 7) is 16.9. The fourth-order valence-corrected chi connectivity index (χ4v) is 11.5. The van der Waals surface area contributed by atoms with E-state index in [9.17, 15) is 24.6 Å². The number of carbonyl (C=O) groups excluding carboxylic acids is 2. The van der Waals surface area contributed by atoms with Crippen LogP contribution in [0.15, 0.2) is 23.3 Å². The third-order valence-electron chi connectivity index (χ3n) is 14.2. The molecule has 7 aliphatic rings. The topological polar surface area (TPSA) is 110 Å². The van der Waals surface area contributed by atoms with Gasteiger partial charge in [-0.3, -0.25) is 9.59 Å². The average molecular weight is 583 g/mol. The van der Waals surface area contributed by atoms with Gasteiger partial charge in [-0.05, 0) is 87.0 Å². The second kappa shape index (κ2) is 8.80. The quantitative estimate of drug-likeness (QED) is 0.299. The van der Waals surface area contributed by atoms with E-state index in [0.717, 1.165) is 24.8 Å². The summed E-state index contributed by atoms with van der Waals surface area (Å²) in [7, 11) is 0. The fraction of sp³-hybridized carbons (Fsp3) is 0.800. The molecule has 2 aliphatic heterocycles. The van der Waals surface area contributed by atoms with E-state index in [0.29, 0.717) is 44.3 Å². The highest BCUT2D eigenvalue weighted by Gasteiger charge is 2.76. The molecule has 0 aromatic rings. The van der Waals surface area contributed by atoms with Crippen LogP contribution in [-0.4, -0.2) is 46.4 Å². The first-order chi connectivity index (χ1) is 19.4. The van der Waals surface area contributed by atoms with Crippen molar-refractivity contribution in [2.24, 2.45) is 50.2 Å². The van der Waals surface area contributed by atoms with Gasteiger partial charge in [0, 0.05) is 34.7 Å². The van der Waals surface area contributed by atoms with Gasteiger partial charge in [0.2, 0.25) is 0 Å². The number of hydrogen-bond acceptors (Lipinski definition) is 6. The Morgan fingerprint density at radius 2 is 1.71 bits per heavy atom. The Hall–Kier alpha value is -1.99. The van der Waals surface area contributed by atoms with Crippen LogP contribution in [0.5, 0.6) is 0 Å². The summed E-state index contributed by atoms with van der Waals surface area (Å²) in [4.78, 5) is 41.1. The van der Waals surface area contributed by atoms with E-state index >= 15 is 0 Å². The lowest BCUT2D eigenvalue weighted by Crippen LogP contribution is -2.74. The molecule has 232 valence electrons. The van der Waals surface area contributed by atoms with Crippen LogP contribution >= 0.6 is 0 Å². The van der Waals surface area contributed by atoms with Crippen molar-refractivity contribution < 1.29 is 34.1 Å². The SMILES string of the molecule is C/C=C(/C)C(=O)O[C@@H]1CC(C)(C)C[C@H]2C3=CC(=O)[C@@H]4[C@]56CC[C@](O)(OC5)C(C)(C)[C@@H]6CC[C@@]4(C)[C@]3(C)CC[C@@]12C(=O)O. The first-order valence-electron chi connectivity index (χ1n) is 16.0. The molecule has 9 atom stereocenters. The number of fused-ring (bicyclic) bond motifs is 7. The zero-order valence-corrected chi connectivity index (χ0v) is 26.8. The predicted octanol–water partition coefficient (Wildman–Crippen LogP) is 6.24. The number of esters is 1. The summed E-state index contributed by atoms with van der Waals surface area (Å²) in [5, 5.41) is 22.4. The standard InChI is InChI=1S/C35H50O7/c1-9-20(2)27(37)42-25-18-29(3,4)17-22-21-16-23(36)26-32(8,31(21,7)12-14-34(22,25)28(38)39)11-10-24-30(5,6)35(40)15-13-33(24,26)19-41-35/h9,16,22,24-26,40H,10-15,17-19H2,1-8H3,(H,38,39)/b20-9-/t22-,24-,25+,26-,31+,32+,33+,34-,35-/m0/s1. The number of ether oxygens (including phenoxy) is 2. The van der Waals surface area contributed by atoms with Gasteiger partial charge >= 0.3 is 11.9 Å². The molecule has 7 nitrogen and oxygen atoms in total. The minimum absolute atomic E-state index is 0.0873. The van der Waals surface area contributed by atoms with Crippen molar-refractivity contribution >= 4 is 17.7 Å². The van der Waals surface area contributed by atoms with Gasteiger partial charge in [0.25, 0.3) is 0 Å². The molecule has 7 rings (SSSR count). The number of carboxylic acid groups (broad SMARTS) is 1. The highest BCUT2D eigenvalue weighted by molar-refractivity contribution is 5.96. The van der Waals surface area contributed by atoms with Gasteiger partial charge < -0.3 is 19.7 Å². The monoisotopic (exact) mass is 582 g/mol. The Morgan fingerprint density at radius 3 is 2.31 bits per heavy atom. The number of carboxylic acids is 1. The van der Waals surface area contributed by atoms with E-state index < -0.39 is 40.6 Å². The maximum absolute atomic E-state index is 14.6. The van der Waals surface area contributed by atoms with Crippen LogP contribution in [0.2, 0.25) is 0 Å². The van der Waals surface area contributed by atoms with Crippen LogP contribution in [0.25, 0.3) is 0 Å². The third-order valence-corrected chi connectivity index (χ3v) is 14.2. The first-order valence-corrected chi connectivity index (χ1v) is 16.0. The van der Waals surface area contributed by atoms with Gasteiger partial charge in [0.1, 0.15) is 11.5 Å². The molecule has 2 saturated heterocycles. The lowest BCUT2D eigenvalue weighted by atomic mass is 9.32. The zero-order valence-electron chi connectivity index (χ0n) is 26.8. The van der Waals surface area contributed by atoms with Crippen molar-refractivity contribution in [3.8, 4) is 0 Å². The highest BCUT2D eigenvalue weighted by Crippen LogP contribution is 2.77. The van der Waals surface area contributed by atoms with Gasteiger partial charge in [-0.25, -0.2) is 4.79 Å². The molecular weight excluding hydrogens is 532 g/mol. The molecule has 0 aromatic carbocycles. The van der Waals surface area contributed by atoms with E-state index in [-0.39, 0.29) is 39.3 Å². The summed E-state index contributed by atoms with van der Waals surface area (Å²) in [6.07, 6.45) is 7.91. The zero-order chi connectivity index (χ0) is 30.9. The predicted molar refractivity (Wildman–Crippen MR) is 157 cm³/mol. The number of aliphatic hydroxyl groups is 1. The first kappa shape index (κ1) is 30.1. The maximum Gasteiger partial charge on any atom is 0.333 e. The van der Waals surface area contributed by atoms with Crippen molar-refractivity contribution in [2.75, 3.05) is 6.61 Å². The summed E-state index contributed by atoms with van der Waals surface area (Å²) < 4.78 is 12.3. The van der Waals surface area contributed by atoms with Crippen molar-refractivity contribution in [1.29, 1.82) is 0 Å². The molecule has 0 radical (unpaired) electrons. The summed E-state index contributed by atoms with van der Waals surface area (Å²) in [6, 6.07) is 0. The molecular formula is C35H50O7. The molecule has 5 aliphatic carbocycles. The van der Waals surface area contributed by atoms with Crippen LogP contribution in [0.1, 0.15) is 107 Å². The number of allylic oxidation sites excluding steroid dienone is 3. The number of carbonyl (C=O) groups is 3. The molecule has 4 saturated carbocycles. The van der Waals surface area contributed by atoms with E-state index in [1.807, 2.05) is 6.08 Å². The van der Waals surface area contributed by atoms with E-state index in [1.54, 1.807) is 19.9 Å².